The fourth-order valence-corrected chi connectivity index (χ4v) is 6.21. The quantitative estimate of drug-likeness (QED) is 0.315. The van der Waals surface area contributed by atoms with Gasteiger partial charge in [0.2, 0.25) is 11.8 Å². The lowest BCUT2D eigenvalue weighted by Gasteiger charge is -2.37. The predicted molar refractivity (Wildman–Crippen MR) is 163 cm³/mol. The molecule has 2 amide bonds. The molecule has 8 heteroatoms. The summed E-state index contributed by atoms with van der Waals surface area (Å²) in [5.74, 6) is -0.0128. The molecule has 2 saturated heterocycles. The standard InChI is InChI=1S/C34H36N4O4/c1-23(39)35-28-12-10-25(11-13-28)30-22-27-20-24(9-14-29(27)36-30)21-32(40)31-8-5-15-38(31)34(41)33(26-6-3-2-4-7-26)37-16-18-42-19-17-37/h2-4,6-7,9-14,20,22,31,33,36H,5,8,15-19,21H2,1H3,(H,35,39)/t31-,33+/m0/s1. The highest BCUT2D eigenvalue weighted by atomic mass is 16.5. The van der Waals surface area contributed by atoms with Gasteiger partial charge in [0.1, 0.15) is 6.04 Å². The summed E-state index contributed by atoms with van der Waals surface area (Å²) in [5.41, 5.74) is 5.60. The number of aromatic amines is 1. The third-order valence-electron chi connectivity index (χ3n) is 8.25. The number of morpholine rings is 1. The molecule has 0 spiro atoms. The number of nitrogens with one attached hydrogen (secondary N) is 2. The number of hydrogen-bond acceptors (Lipinski definition) is 5. The molecule has 2 aliphatic rings. The lowest BCUT2D eigenvalue weighted by Crippen LogP contribution is -2.50. The minimum Gasteiger partial charge on any atom is -0.379 e. The average Bonchev–Trinajstić information content (AvgIpc) is 3.66. The van der Waals surface area contributed by atoms with Crippen molar-refractivity contribution in [1.29, 1.82) is 0 Å². The molecule has 2 atom stereocenters. The van der Waals surface area contributed by atoms with E-state index >= 15 is 0 Å². The molecule has 3 heterocycles. The van der Waals surface area contributed by atoms with Gasteiger partial charge in [-0.2, -0.15) is 0 Å². The first kappa shape index (κ1) is 27.9. The molecule has 6 rings (SSSR count). The summed E-state index contributed by atoms with van der Waals surface area (Å²) in [6.07, 6.45) is 1.80. The Morgan fingerprint density at radius 3 is 2.45 bits per heavy atom. The number of ether oxygens (including phenoxy) is 1. The fourth-order valence-electron chi connectivity index (χ4n) is 6.21. The van der Waals surface area contributed by atoms with Gasteiger partial charge < -0.3 is 19.9 Å². The van der Waals surface area contributed by atoms with Crippen LogP contribution in [0, 0.1) is 0 Å². The number of Topliss-reactive ketones (excluding diaryl/α,β-unsaturated/α-hetero) is 1. The van der Waals surface area contributed by atoms with E-state index in [2.05, 4.69) is 27.3 Å². The van der Waals surface area contributed by atoms with Gasteiger partial charge in [-0.05, 0) is 59.9 Å². The molecular formula is C34H36N4O4. The van der Waals surface area contributed by atoms with Crippen LogP contribution in [0.25, 0.3) is 22.2 Å². The van der Waals surface area contributed by atoms with Gasteiger partial charge in [-0.3, -0.25) is 19.3 Å². The van der Waals surface area contributed by atoms with Crippen molar-refractivity contribution in [3.8, 4) is 11.3 Å². The molecule has 0 saturated carbocycles. The largest absolute Gasteiger partial charge is 0.379 e. The van der Waals surface area contributed by atoms with Crippen molar-refractivity contribution in [2.75, 3.05) is 38.2 Å². The van der Waals surface area contributed by atoms with Crippen LogP contribution in [0.1, 0.15) is 36.9 Å². The van der Waals surface area contributed by atoms with Crippen LogP contribution < -0.4 is 5.32 Å². The Kier molecular flexibility index (Phi) is 8.17. The smallest absolute Gasteiger partial charge is 0.245 e. The zero-order chi connectivity index (χ0) is 29.1. The van der Waals surface area contributed by atoms with Gasteiger partial charge in [0.15, 0.2) is 5.78 Å². The maximum Gasteiger partial charge on any atom is 0.245 e. The van der Waals surface area contributed by atoms with Crippen molar-refractivity contribution in [2.45, 2.75) is 38.3 Å². The van der Waals surface area contributed by atoms with Crippen molar-refractivity contribution in [3.63, 3.8) is 0 Å². The maximum atomic E-state index is 14.1. The number of nitrogens with zero attached hydrogens (tertiary/aromatic N) is 2. The van der Waals surface area contributed by atoms with Crippen molar-refractivity contribution >= 4 is 34.2 Å². The SMILES string of the molecule is CC(=O)Nc1ccc(-c2cc3cc(CC(=O)[C@@H]4CCCN4C(=O)[C@@H](c4ccccc4)N4CCOCC4)ccc3[nH]2)cc1. The maximum absolute atomic E-state index is 14.1. The Morgan fingerprint density at radius 1 is 0.952 bits per heavy atom. The minimum atomic E-state index is -0.413. The molecule has 4 aromatic rings. The molecule has 0 bridgehead atoms. The molecule has 0 aliphatic carbocycles. The van der Waals surface area contributed by atoms with E-state index in [0.29, 0.717) is 39.3 Å². The summed E-state index contributed by atoms with van der Waals surface area (Å²) < 4.78 is 5.55. The molecule has 8 nitrogen and oxygen atoms in total. The van der Waals surface area contributed by atoms with Crippen LogP contribution in [-0.4, -0.2) is 71.3 Å². The molecule has 2 aliphatic heterocycles. The van der Waals surface area contributed by atoms with E-state index in [1.165, 1.54) is 6.92 Å². The monoisotopic (exact) mass is 564 g/mol. The van der Waals surface area contributed by atoms with Gasteiger partial charge in [-0.25, -0.2) is 0 Å². The highest BCUT2D eigenvalue weighted by Gasteiger charge is 2.39. The number of amides is 2. The summed E-state index contributed by atoms with van der Waals surface area (Å²) in [5, 5.41) is 3.81. The number of H-pyrrole nitrogens is 1. The molecular weight excluding hydrogens is 528 g/mol. The van der Waals surface area contributed by atoms with Crippen LogP contribution >= 0.6 is 0 Å². The Balaban J connectivity index is 1.18. The van der Waals surface area contributed by atoms with Gasteiger partial charge >= 0.3 is 0 Å². The van der Waals surface area contributed by atoms with E-state index in [0.717, 1.165) is 45.4 Å². The molecule has 42 heavy (non-hydrogen) atoms. The van der Waals surface area contributed by atoms with Crippen LogP contribution in [-0.2, 0) is 25.5 Å². The van der Waals surface area contributed by atoms with Gasteiger partial charge in [0.25, 0.3) is 0 Å². The van der Waals surface area contributed by atoms with Crippen LogP contribution in [0.15, 0.2) is 78.9 Å². The number of benzene rings is 3. The Hall–Kier alpha value is -4.27. The highest BCUT2D eigenvalue weighted by molar-refractivity contribution is 5.94. The summed E-state index contributed by atoms with van der Waals surface area (Å²) in [7, 11) is 0. The zero-order valence-electron chi connectivity index (χ0n) is 23.8. The molecule has 2 N–H and O–H groups in total. The minimum absolute atomic E-state index is 0.00852. The highest BCUT2D eigenvalue weighted by Crippen LogP contribution is 2.30. The van der Waals surface area contributed by atoms with Gasteiger partial charge in [0, 0.05) is 55.3 Å². The van der Waals surface area contributed by atoms with Gasteiger partial charge in [-0.1, -0.05) is 48.5 Å². The lowest BCUT2D eigenvalue weighted by atomic mass is 9.99. The van der Waals surface area contributed by atoms with Crippen molar-refractivity contribution in [1.82, 2.24) is 14.8 Å². The Labute approximate surface area is 245 Å². The second-order valence-electron chi connectivity index (χ2n) is 11.2. The normalized spacial score (nSPS) is 18.2. The second-order valence-corrected chi connectivity index (χ2v) is 11.2. The summed E-state index contributed by atoms with van der Waals surface area (Å²) in [4.78, 5) is 46.5. The first-order chi connectivity index (χ1) is 20.5. The van der Waals surface area contributed by atoms with Crippen LogP contribution in [0.5, 0.6) is 0 Å². The van der Waals surface area contributed by atoms with E-state index in [1.807, 2.05) is 71.6 Å². The molecule has 2 fully saturated rings. The molecule has 0 unspecified atom stereocenters. The number of rotatable bonds is 8. The number of aromatic nitrogens is 1. The first-order valence-electron chi connectivity index (χ1n) is 14.7. The predicted octanol–water partition coefficient (Wildman–Crippen LogP) is 4.97. The fraction of sp³-hybridized carbons (Fsp3) is 0.324. The third kappa shape index (κ3) is 6.00. The molecule has 3 aromatic carbocycles. The van der Waals surface area contributed by atoms with Crippen LogP contribution in [0.3, 0.4) is 0 Å². The van der Waals surface area contributed by atoms with E-state index < -0.39 is 12.1 Å². The summed E-state index contributed by atoms with van der Waals surface area (Å²) in [6, 6.07) is 24.9. The van der Waals surface area contributed by atoms with Crippen molar-refractivity contribution in [2.24, 2.45) is 0 Å². The zero-order valence-corrected chi connectivity index (χ0v) is 23.8. The van der Waals surface area contributed by atoms with Crippen LogP contribution in [0.4, 0.5) is 5.69 Å². The molecule has 0 radical (unpaired) electrons. The molecule has 216 valence electrons. The Bertz CT molecular complexity index is 1570. The summed E-state index contributed by atoms with van der Waals surface area (Å²) in [6.45, 7) is 4.67. The van der Waals surface area contributed by atoms with E-state index in [9.17, 15) is 14.4 Å². The average molecular weight is 565 g/mol. The number of ketones is 1. The number of carbonyl (C=O) groups excluding carboxylic acids is 3. The van der Waals surface area contributed by atoms with Crippen molar-refractivity contribution in [3.05, 3.63) is 90.0 Å². The summed E-state index contributed by atoms with van der Waals surface area (Å²) >= 11 is 0. The van der Waals surface area contributed by atoms with Gasteiger partial charge in [-0.15, -0.1) is 0 Å². The Morgan fingerprint density at radius 2 is 1.71 bits per heavy atom. The van der Waals surface area contributed by atoms with E-state index in [4.69, 9.17) is 4.74 Å². The third-order valence-corrected chi connectivity index (χ3v) is 8.25. The van der Waals surface area contributed by atoms with Crippen LogP contribution in [0.2, 0.25) is 0 Å². The van der Waals surface area contributed by atoms with E-state index in [1.54, 1.807) is 0 Å². The number of hydrogen-bond donors (Lipinski definition) is 2. The number of fused-ring (bicyclic) bond motifs is 1. The lowest BCUT2D eigenvalue weighted by molar-refractivity contribution is -0.143. The molecule has 1 aromatic heterocycles. The van der Waals surface area contributed by atoms with Gasteiger partial charge in [0.05, 0.1) is 19.3 Å². The number of likely N-dealkylation sites (tertiary alicyclic amines) is 1. The topological polar surface area (TPSA) is 94.7 Å². The first-order valence-corrected chi connectivity index (χ1v) is 14.7. The number of anilines is 1. The van der Waals surface area contributed by atoms with E-state index in [-0.39, 0.29) is 24.0 Å². The van der Waals surface area contributed by atoms with Crippen molar-refractivity contribution < 1.29 is 19.1 Å². The second kappa shape index (κ2) is 12.3. The number of carbonyl (C=O) groups is 3.